The lowest BCUT2D eigenvalue weighted by molar-refractivity contribution is -0.127. The van der Waals surface area contributed by atoms with Crippen LogP contribution in [0, 0.1) is 0 Å². The zero-order chi connectivity index (χ0) is 14.0. The Hall–Kier alpha value is -2.28. The molecule has 1 aliphatic heterocycles. The number of nitrogens with one attached hydrogen (secondary N) is 1. The molecule has 1 aromatic carbocycles. The Bertz CT molecular complexity index is 505. The van der Waals surface area contributed by atoms with Crippen LogP contribution >= 0.6 is 0 Å². The summed E-state index contributed by atoms with van der Waals surface area (Å²) in [5.74, 6) is -1.50. The van der Waals surface area contributed by atoms with Gasteiger partial charge in [-0.05, 0) is 12.1 Å². The van der Waals surface area contributed by atoms with Crippen molar-refractivity contribution in [1.29, 1.82) is 0 Å². The molecule has 1 aliphatic rings. The van der Waals surface area contributed by atoms with Crippen LogP contribution in [0.1, 0.15) is 16.8 Å². The average Bonchev–Trinajstić information content (AvgIpc) is 2.23. The first-order chi connectivity index (χ1) is 8.90. The average molecular weight is 266 g/mol. The molecule has 19 heavy (non-hydrogen) atoms. The molecule has 7 nitrogen and oxygen atoms in total. The monoisotopic (exact) mass is 266 g/mol. The minimum absolute atomic E-state index is 0.0243. The van der Waals surface area contributed by atoms with Crippen molar-refractivity contribution in [3.05, 3.63) is 23.8 Å². The third kappa shape index (κ3) is 2.94. The molecule has 1 fully saturated rings. The number of amides is 2. The number of carbonyl (C=O) groups is 2. The molecule has 5 N–H and O–H groups in total. The van der Waals surface area contributed by atoms with Gasteiger partial charge in [-0.1, -0.05) is 0 Å². The van der Waals surface area contributed by atoms with Crippen LogP contribution in [0.25, 0.3) is 0 Å². The number of hydrogen-bond acceptors (Lipinski definition) is 5. The number of carbonyl (C=O) groups excluding carboxylic acids is 2. The number of benzene rings is 1. The third-order valence-electron chi connectivity index (χ3n) is 2.81. The van der Waals surface area contributed by atoms with Gasteiger partial charge in [-0.2, -0.15) is 0 Å². The number of aromatic hydroxyl groups is 2. The molecule has 1 saturated heterocycles. The lowest BCUT2D eigenvalue weighted by Gasteiger charge is -2.41. The van der Waals surface area contributed by atoms with Crippen LogP contribution in [0.5, 0.6) is 11.5 Å². The minimum atomic E-state index is -0.802. The number of hydrogen-bond donors (Lipinski definition) is 4. The lowest BCUT2D eigenvalue weighted by atomic mass is 9.92. The van der Waals surface area contributed by atoms with Crippen molar-refractivity contribution < 1.29 is 24.5 Å². The number of primary amides is 1. The van der Waals surface area contributed by atoms with E-state index < -0.39 is 17.4 Å². The molecule has 0 radical (unpaired) electrons. The molecule has 0 spiro atoms. The number of ether oxygens (including phenoxy) is 1. The highest BCUT2D eigenvalue weighted by Crippen LogP contribution is 2.24. The van der Waals surface area contributed by atoms with Crippen molar-refractivity contribution in [2.45, 2.75) is 12.0 Å². The first kappa shape index (κ1) is 13.2. The van der Waals surface area contributed by atoms with Crippen LogP contribution in [0.4, 0.5) is 0 Å². The Morgan fingerprint density at radius 3 is 2.26 bits per heavy atom. The molecule has 0 atom stereocenters. The molecule has 0 unspecified atom stereocenters. The van der Waals surface area contributed by atoms with Crippen LogP contribution in [0.2, 0.25) is 0 Å². The maximum absolute atomic E-state index is 12.0. The number of phenols is 2. The molecule has 102 valence electrons. The van der Waals surface area contributed by atoms with Gasteiger partial charge in [0.1, 0.15) is 11.5 Å². The van der Waals surface area contributed by atoms with Crippen molar-refractivity contribution in [2.24, 2.45) is 5.73 Å². The minimum Gasteiger partial charge on any atom is -0.508 e. The van der Waals surface area contributed by atoms with E-state index in [1.165, 1.54) is 12.1 Å². The molecule has 0 aromatic heterocycles. The zero-order valence-electron chi connectivity index (χ0n) is 10.0. The molecule has 0 saturated carbocycles. The highest BCUT2D eigenvalue weighted by Gasteiger charge is 2.41. The van der Waals surface area contributed by atoms with Gasteiger partial charge in [0.2, 0.25) is 5.91 Å². The van der Waals surface area contributed by atoms with Crippen molar-refractivity contribution >= 4 is 11.8 Å². The van der Waals surface area contributed by atoms with E-state index >= 15 is 0 Å². The van der Waals surface area contributed by atoms with Gasteiger partial charge in [0.05, 0.1) is 25.2 Å². The summed E-state index contributed by atoms with van der Waals surface area (Å²) >= 11 is 0. The fourth-order valence-corrected chi connectivity index (χ4v) is 1.94. The predicted molar refractivity (Wildman–Crippen MR) is 64.6 cm³/mol. The number of rotatable bonds is 4. The fraction of sp³-hybridized carbons (Fsp3) is 0.333. The maximum atomic E-state index is 12.0. The second-order valence-electron chi connectivity index (χ2n) is 4.61. The standard InChI is InChI=1S/C12H14N2O5/c13-10(17)4-12(5-19-6-12)14-11(18)7-1-8(15)3-9(16)2-7/h1-3,15-16H,4-6H2,(H2,13,17)(H,14,18). The van der Waals surface area contributed by atoms with Gasteiger partial charge >= 0.3 is 0 Å². The number of phenolic OH excluding ortho intramolecular Hbond substituents is 2. The normalized spacial score (nSPS) is 16.4. The Morgan fingerprint density at radius 2 is 1.84 bits per heavy atom. The van der Waals surface area contributed by atoms with Crippen LogP contribution in [0.3, 0.4) is 0 Å². The lowest BCUT2D eigenvalue weighted by Crippen LogP contribution is -2.63. The van der Waals surface area contributed by atoms with Gasteiger partial charge in [-0.3, -0.25) is 9.59 Å². The predicted octanol–water partition coefficient (Wildman–Crippen LogP) is -0.528. The smallest absolute Gasteiger partial charge is 0.252 e. The third-order valence-corrected chi connectivity index (χ3v) is 2.81. The Balaban J connectivity index is 2.13. The van der Waals surface area contributed by atoms with E-state index in [1.54, 1.807) is 0 Å². The van der Waals surface area contributed by atoms with E-state index in [9.17, 15) is 19.8 Å². The zero-order valence-corrected chi connectivity index (χ0v) is 10.0. The van der Waals surface area contributed by atoms with Crippen LogP contribution < -0.4 is 11.1 Å². The van der Waals surface area contributed by atoms with Crippen molar-refractivity contribution in [2.75, 3.05) is 13.2 Å². The van der Waals surface area contributed by atoms with Crippen molar-refractivity contribution in [3.63, 3.8) is 0 Å². The van der Waals surface area contributed by atoms with Crippen LogP contribution in [0.15, 0.2) is 18.2 Å². The van der Waals surface area contributed by atoms with Gasteiger partial charge < -0.3 is 26.0 Å². The van der Waals surface area contributed by atoms with E-state index in [0.29, 0.717) is 0 Å². The quantitative estimate of drug-likeness (QED) is 0.583. The maximum Gasteiger partial charge on any atom is 0.252 e. The Morgan fingerprint density at radius 1 is 1.26 bits per heavy atom. The molecule has 0 bridgehead atoms. The fourth-order valence-electron chi connectivity index (χ4n) is 1.94. The SMILES string of the molecule is NC(=O)CC1(NC(=O)c2cc(O)cc(O)c2)COC1. The summed E-state index contributed by atoms with van der Waals surface area (Å²) in [7, 11) is 0. The Kier molecular flexibility index (Phi) is 3.30. The summed E-state index contributed by atoms with van der Waals surface area (Å²) in [6, 6.07) is 3.54. The second-order valence-corrected chi connectivity index (χ2v) is 4.61. The highest BCUT2D eigenvalue weighted by molar-refractivity contribution is 5.96. The largest absolute Gasteiger partial charge is 0.508 e. The summed E-state index contributed by atoms with van der Waals surface area (Å²) < 4.78 is 5.00. The summed E-state index contributed by atoms with van der Waals surface area (Å²) in [4.78, 5) is 23.0. The van der Waals surface area contributed by atoms with Gasteiger partial charge in [0, 0.05) is 11.6 Å². The molecule has 2 amide bonds. The summed E-state index contributed by atoms with van der Waals surface area (Å²) in [6.07, 6.45) is -0.0243. The molecular weight excluding hydrogens is 252 g/mol. The Labute approximate surface area is 109 Å². The molecular formula is C12H14N2O5. The van der Waals surface area contributed by atoms with Crippen LogP contribution in [-0.4, -0.2) is 40.8 Å². The second kappa shape index (κ2) is 4.77. The number of nitrogens with two attached hydrogens (primary N) is 1. The first-order valence-electron chi connectivity index (χ1n) is 5.62. The molecule has 7 heteroatoms. The van der Waals surface area contributed by atoms with E-state index in [-0.39, 0.29) is 36.7 Å². The topological polar surface area (TPSA) is 122 Å². The molecule has 2 rings (SSSR count). The summed E-state index contributed by atoms with van der Waals surface area (Å²) in [5.41, 5.74) is 4.41. The van der Waals surface area contributed by atoms with Gasteiger partial charge in [0.15, 0.2) is 0 Å². The van der Waals surface area contributed by atoms with E-state index in [2.05, 4.69) is 5.32 Å². The van der Waals surface area contributed by atoms with E-state index in [1.807, 2.05) is 0 Å². The summed E-state index contributed by atoms with van der Waals surface area (Å²) in [6.45, 7) is 0.402. The van der Waals surface area contributed by atoms with Crippen molar-refractivity contribution in [1.82, 2.24) is 5.32 Å². The van der Waals surface area contributed by atoms with Crippen molar-refractivity contribution in [3.8, 4) is 11.5 Å². The van der Waals surface area contributed by atoms with Gasteiger partial charge in [-0.15, -0.1) is 0 Å². The van der Waals surface area contributed by atoms with Gasteiger partial charge in [-0.25, -0.2) is 0 Å². The van der Waals surface area contributed by atoms with Gasteiger partial charge in [0.25, 0.3) is 5.91 Å². The van der Waals surface area contributed by atoms with Crippen LogP contribution in [-0.2, 0) is 9.53 Å². The molecule has 1 aromatic rings. The highest BCUT2D eigenvalue weighted by atomic mass is 16.5. The molecule has 1 heterocycles. The van der Waals surface area contributed by atoms with E-state index in [4.69, 9.17) is 10.5 Å². The summed E-state index contributed by atoms with van der Waals surface area (Å²) in [5, 5.41) is 21.3. The molecule has 0 aliphatic carbocycles. The first-order valence-corrected chi connectivity index (χ1v) is 5.62. The van der Waals surface area contributed by atoms with E-state index in [0.717, 1.165) is 6.07 Å².